The lowest BCUT2D eigenvalue weighted by atomic mass is 10.0. The Kier molecular flexibility index (Phi) is 3.84. The molecule has 2 rings (SSSR count). The number of piperidine rings is 1. The van der Waals surface area contributed by atoms with Crippen molar-refractivity contribution in [2.24, 2.45) is 0 Å². The van der Waals surface area contributed by atoms with Crippen LogP contribution in [0, 0.1) is 0 Å². The number of amides is 1. The summed E-state index contributed by atoms with van der Waals surface area (Å²) >= 11 is 0. The van der Waals surface area contributed by atoms with Gasteiger partial charge < -0.3 is 19.3 Å². The largest absolute Gasteiger partial charge is 0.453 e. The second-order valence-electron chi connectivity index (χ2n) is 4.49. The summed E-state index contributed by atoms with van der Waals surface area (Å²) in [6.07, 6.45) is -1.73. The molecule has 102 valence electrons. The molecule has 0 radical (unpaired) electrons. The first-order valence-corrected chi connectivity index (χ1v) is 5.76. The molecule has 0 spiro atoms. The maximum Gasteiger partial charge on any atom is 0.410 e. The van der Waals surface area contributed by atoms with E-state index in [-0.39, 0.29) is 25.4 Å². The van der Waals surface area contributed by atoms with Gasteiger partial charge in [-0.2, -0.15) is 0 Å². The first kappa shape index (κ1) is 13.3. The maximum absolute atomic E-state index is 11.7. The van der Waals surface area contributed by atoms with Gasteiger partial charge in [-0.25, -0.2) is 4.79 Å². The van der Waals surface area contributed by atoms with Crippen LogP contribution < -0.4 is 0 Å². The summed E-state index contributed by atoms with van der Waals surface area (Å²) in [5.41, 5.74) is 0. The maximum atomic E-state index is 11.7. The number of aliphatic hydroxyl groups is 1. The van der Waals surface area contributed by atoms with Crippen LogP contribution in [0.2, 0.25) is 0 Å². The van der Waals surface area contributed by atoms with Crippen molar-refractivity contribution in [3.63, 3.8) is 0 Å². The molecule has 4 atom stereocenters. The molecular weight excluding hydrogens is 242 g/mol. The number of rotatable bonds is 3. The summed E-state index contributed by atoms with van der Waals surface area (Å²) in [4.78, 5) is 24.7. The van der Waals surface area contributed by atoms with Gasteiger partial charge in [0.1, 0.15) is 24.8 Å². The van der Waals surface area contributed by atoms with Crippen molar-refractivity contribution in [2.75, 3.05) is 21.0 Å². The normalized spacial score (nSPS) is 34.8. The topological polar surface area (TPSA) is 85.3 Å². The van der Waals surface area contributed by atoms with E-state index in [0.717, 1.165) is 0 Å². The number of fused-ring (bicyclic) bond motifs is 2. The van der Waals surface area contributed by atoms with Crippen molar-refractivity contribution in [1.29, 1.82) is 0 Å². The third kappa shape index (κ3) is 2.09. The number of hydrogen-bond donors (Lipinski definition) is 1. The standard InChI is InChI=1S/C11H17NO6/c1-16-5-18-10-8-4-6(13)3-7(9(10)14)12(8)11(15)17-2/h7-10,14H,3-5H2,1-2H3/t7-,8+,9-,10+/m1/s1. The molecule has 2 saturated heterocycles. The molecule has 2 fully saturated rings. The Hall–Kier alpha value is -1.18. The van der Waals surface area contributed by atoms with Gasteiger partial charge in [0.05, 0.1) is 19.2 Å². The van der Waals surface area contributed by atoms with E-state index in [4.69, 9.17) is 9.47 Å². The highest BCUT2D eigenvalue weighted by Crippen LogP contribution is 2.36. The van der Waals surface area contributed by atoms with Gasteiger partial charge in [-0.1, -0.05) is 0 Å². The van der Waals surface area contributed by atoms with Gasteiger partial charge in [0.2, 0.25) is 0 Å². The molecule has 0 aromatic rings. The summed E-state index contributed by atoms with van der Waals surface area (Å²) in [5.74, 6) is 0.0210. The molecule has 0 aromatic heterocycles. The monoisotopic (exact) mass is 259 g/mol. The van der Waals surface area contributed by atoms with Gasteiger partial charge in [0.25, 0.3) is 0 Å². The zero-order valence-electron chi connectivity index (χ0n) is 10.4. The Bertz CT molecular complexity index is 346. The average molecular weight is 259 g/mol. The fourth-order valence-electron chi connectivity index (χ4n) is 2.73. The van der Waals surface area contributed by atoms with E-state index < -0.39 is 30.4 Å². The summed E-state index contributed by atoms with van der Waals surface area (Å²) in [5, 5.41) is 10.1. The summed E-state index contributed by atoms with van der Waals surface area (Å²) < 4.78 is 14.9. The minimum absolute atomic E-state index is 0.00809. The summed E-state index contributed by atoms with van der Waals surface area (Å²) in [6, 6.07) is -1.04. The fourth-order valence-corrected chi connectivity index (χ4v) is 2.73. The van der Waals surface area contributed by atoms with Gasteiger partial charge in [-0.3, -0.25) is 9.69 Å². The second kappa shape index (κ2) is 5.21. The van der Waals surface area contributed by atoms with Crippen LogP contribution in [0.5, 0.6) is 0 Å². The summed E-state index contributed by atoms with van der Waals surface area (Å²) in [7, 11) is 2.74. The van der Waals surface area contributed by atoms with Crippen molar-refractivity contribution in [3.8, 4) is 0 Å². The first-order valence-electron chi connectivity index (χ1n) is 5.76. The number of nitrogens with zero attached hydrogens (tertiary/aromatic N) is 1. The van der Waals surface area contributed by atoms with E-state index in [1.54, 1.807) is 0 Å². The Morgan fingerprint density at radius 1 is 1.39 bits per heavy atom. The van der Waals surface area contributed by atoms with Crippen LogP contribution in [0.25, 0.3) is 0 Å². The zero-order chi connectivity index (χ0) is 13.3. The van der Waals surface area contributed by atoms with E-state index in [9.17, 15) is 14.7 Å². The van der Waals surface area contributed by atoms with E-state index in [0.29, 0.717) is 0 Å². The number of ether oxygens (including phenoxy) is 3. The van der Waals surface area contributed by atoms with Crippen LogP contribution in [-0.2, 0) is 19.0 Å². The number of Topliss-reactive ketones (excluding diaryl/α,β-unsaturated/α-hetero) is 1. The third-order valence-corrected chi connectivity index (χ3v) is 3.46. The van der Waals surface area contributed by atoms with Crippen LogP contribution in [-0.4, -0.2) is 67.2 Å². The van der Waals surface area contributed by atoms with E-state index in [1.165, 1.54) is 19.1 Å². The zero-order valence-corrected chi connectivity index (χ0v) is 10.4. The lowest BCUT2D eigenvalue weighted by Gasteiger charge is -2.33. The number of ketones is 1. The lowest BCUT2D eigenvalue weighted by Crippen LogP contribution is -2.49. The second-order valence-corrected chi connectivity index (χ2v) is 4.49. The smallest absolute Gasteiger partial charge is 0.410 e. The lowest BCUT2D eigenvalue weighted by molar-refractivity contribution is -0.125. The molecule has 2 heterocycles. The number of hydrogen-bond acceptors (Lipinski definition) is 6. The van der Waals surface area contributed by atoms with E-state index in [2.05, 4.69) is 4.74 Å². The van der Waals surface area contributed by atoms with Crippen LogP contribution in [0.4, 0.5) is 4.79 Å². The SMILES string of the molecule is COCO[C@@H]1[C@H](O)[C@H]2CC(=O)C[C@@H]1N2C(=O)OC. The van der Waals surface area contributed by atoms with Crippen molar-refractivity contribution in [2.45, 2.75) is 37.1 Å². The molecule has 18 heavy (non-hydrogen) atoms. The van der Waals surface area contributed by atoms with E-state index >= 15 is 0 Å². The quantitative estimate of drug-likeness (QED) is 0.689. The Morgan fingerprint density at radius 2 is 2.06 bits per heavy atom. The number of methoxy groups -OCH3 is 2. The van der Waals surface area contributed by atoms with Gasteiger partial charge in [0, 0.05) is 20.0 Å². The first-order chi connectivity index (χ1) is 8.60. The molecule has 0 aromatic carbocycles. The summed E-state index contributed by atoms with van der Waals surface area (Å²) in [6.45, 7) is 0.00809. The van der Waals surface area contributed by atoms with Gasteiger partial charge in [0.15, 0.2) is 0 Å². The highest BCUT2D eigenvalue weighted by atomic mass is 16.7. The van der Waals surface area contributed by atoms with Crippen LogP contribution in [0.1, 0.15) is 12.8 Å². The molecule has 7 heteroatoms. The van der Waals surface area contributed by atoms with Crippen LogP contribution >= 0.6 is 0 Å². The van der Waals surface area contributed by atoms with Crippen molar-refractivity contribution in [3.05, 3.63) is 0 Å². The molecule has 1 N–H and O–H groups in total. The minimum atomic E-state index is -0.893. The molecule has 1 amide bonds. The predicted octanol–water partition coefficient (Wildman–Crippen LogP) is -0.481. The van der Waals surface area contributed by atoms with Gasteiger partial charge in [-0.05, 0) is 0 Å². The van der Waals surface area contributed by atoms with Crippen molar-refractivity contribution < 1.29 is 28.9 Å². The predicted molar refractivity (Wildman–Crippen MR) is 58.8 cm³/mol. The molecule has 0 saturated carbocycles. The van der Waals surface area contributed by atoms with Crippen LogP contribution in [0.15, 0.2) is 0 Å². The molecule has 0 aliphatic carbocycles. The Labute approximate surface area is 105 Å². The number of carbonyl (C=O) groups is 2. The highest BCUT2D eigenvalue weighted by molar-refractivity contribution is 5.84. The van der Waals surface area contributed by atoms with E-state index in [1.807, 2.05) is 0 Å². The van der Waals surface area contributed by atoms with Gasteiger partial charge >= 0.3 is 6.09 Å². The Morgan fingerprint density at radius 3 is 2.67 bits per heavy atom. The van der Waals surface area contributed by atoms with Crippen molar-refractivity contribution in [1.82, 2.24) is 4.90 Å². The third-order valence-electron chi connectivity index (χ3n) is 3.46. The Balaban J connectivity index is 2.20. The molecule has 7 nitrogen and oxygen atoms in total. The minimum Gasteiger partial charge on any atom is -0.453 e. The fraction of sp³-hybridized carbons (Fsp3) is 0.818. The molecule has 0 unspecified atom stereocenters. The highest BCUT2D eigenvalue weighted by Gasteiger charge is 2.55. The van der Waals surface area contributed by atoms with Crippen molar-refractivity contribution >= 4 is 11.9 Å². The number of aliphatic hydroxyl groups excluding tert-OH is 1. The molecule has 2 bridgehead atoms. The molecule has 2 aliphatic rings. The molecular formula is C11H17NO6. The molecule has 2 aliphatic heterocycles. The number of carbonyl (C=O) groups excluding carboxylic acids is 2. The van der Waals surface area contributed by atoms with Crippen LogP contribution in [0.3, 0.4) is 0 Å². The van der Waals surface area contributed by atoms with Gasteiger partial charge in [-0.15, -0.1) is 0 Å². The average Bonchev–Trinajstić information content (AvgIpc) is 2.53.